The smallest absolute Gasteiger partial charge is 0.274 e. The van der Waals surface area contributed by atoms with Crippen molar-refractivity contribution >= 4 is 15.9 Å². The quantitative estimate of drug-likeness (QED) is 0.514. The van der Waals surface area contributed by atoms with Gasteiger partial charge in [0.25, 0.3) is 10.1 Å². The first-order valence-electron chi connectivity index (χ1n) is 2.25. The van der Waals surface area contributed by atoms with Crippen molar-refractivity contribution in [1.82, 2.24) is 0 Å². The van der Waals surface area contributed by atoms with Crippen molar-refractivity contribution in [3.63, 3.8) is 0 Å². The average Bonchev–Trinajstić information content (AvgIpc) is 1.63. The molecule has 5 heteroatoms. The van der Waals surface area contributed by atoms with E-state index in [1.165, 1.54) is 6.92 Å². The number of carbonyl (C=O) groups excluding carboxylic acids is 1. The van der Waals surface area contributed by atoms with E-state index in [1.54, 1.807) is 0 Å². The second-order valence-corrected chi connectivity index (χ2v) is 3.31. The Morgan fingerprint density at radius 3 is 2.11 bits per heavy atom. The highest BCUT2D eigenvalue weighted by atomic mass is 32.2. The molecule has 0 aliphatic carbocycles. The van der Waals surface area contributed by atoms with Crippen LogP contribution in [0.25, 0.3) is 0 Å². The first-order valence-corrected chi connectivity index (χ1v) is 3.83. The summed E-state index contributed by atoms with van der Waals surface area (Å²) in [6.45, 7) is 1.19. The van der Waals surface area contributed by atoms with Gasteiger partial charge in [0.1, 0.15) is 11.5 Å². The van der Waals surface area contributed by atoms with Gasteiger partial charge in [-0.1, -0.05) is 0 Å². The molecule has 0 radical (unpaired) electrons. The normalized spacial score (nSPS) is 11.3. The summed E-state index contributed by atoms with van der Waals surface area (Å²) in [5.74, 6) is -0.958. The molecule has 0 saturated carbocycles. The second-order valence-electron chi connectivity index (χ2n) is 1.57. The van der Waals surface area contributed by atoms with Crippen LogP contribution in [0, 0.1) is 0 Å². The molecule has 0 amide bonds. The SMILES string of the molecule is COS(=O)(=O)CC(C)=O. The molecular weight excluding hydrogens is 144 g/mol. The number of Topliss-reactive ketones (excluding diaryl/α,β-unsaturated/α-hetero) is 1. The van der Waals surface area contributed by atoms with Gasteiger partial charge in [0.15, 0.2) is 0 Å². The van der Waals surface area contributed by atoms with Crippen LogP contribution in [0.1, 0.15) is 6.92 Å². The minimum Gasteiger partial charge on any atom is -0.299 e. The Hall–Kier alpha value is -0.420. The Kier molecular flexibility index (Phi) is 2.80. The fourth-order valence-corrected chi connectivity index (χ4v) is 0.924. The molecule has 0 aliphatic rings. The third-order valence-electron chi connectivity index (χ3n) is 0.634. The van der Waals surface area contributed by atoms with Gasteiger partial charge in [-0.2, -0.15) is 8.42 Å². The molecular formula is C4H8O4S. The van der Waals surface area contributed by atoms with Crippen LogP contribution < -0.4 is 0 Å². The Bertz CT molecular complexity index is 191. The summed E-state index contributed by atoms with van der Waals surface area (Å²) in [5.41, 5.74) is 0. The molecule has 0 unspecified atom stereocenters. The molecule has 0 saturated heterocycles. The van der Waals surface area contributed by atoms with E-state index in [0.717, 1.165) is 7.11 Å². The van der Waals surface area contributed by atoms with Crippen LogP contribution in [0.3, 0.4) is 0 Å². The maximum atomic E-state index is 10.4. The minimum atomic E-state index is -3.57. The Morgan fingerprint density at radius 1 is 1.56 bits per heavy atom. The lowest BCUT2D eigenvalue weighted by Gasteiger charge is -1.94. The van der Waals surface area contributed by atoms with Gasteiger partial charge in [0.05, 0.1) is 7.11 Å². The van der Waals surface area contributed by atoms with Crippen molar-refractivity contribution in [2.24, 2.45) is 0 Å². The predicted octanol–water partition coefficient (Wildman–Crippen LogP) is -0.448. The van der Waals surface area contributed by atoms with Crippen molar-refractivity contribution in [1.29, 1.82) is 0 Å². The van der Waals surface area contributed by atoms with Crippen LogP contribution in [0.2, 0.25) is 0 Å². The van der Waals surface area contributed by atoms with Gasteiger partial charge in [0.2, 0.25) is 0 Å². The van der Waals surface area contributed by atoms with E-state index in [1.807, 2.05) is 0 Å². The lowest BCUT2D eigenvalue weighted by molar-refractivity contribution is -0.114. The van der Waals surface area contributed by atoms with Gasteiger partial charge >= 0.3 is 0 Å². The largest absolute Gasteiger partial charge is 0.299 e. The zero-order chi connectivity index (χ0) is 7.49. The van der Waals surface area contributed by atoms with Crippen molar-refractivity contribution in [3.8, 4) is 0 Å². The summed E-state index contributed by atoms with van der Waals surface area (Å²) in [7, 11) is -2.54. The molecule has 9 heavy (non-hydrogen) atoms. The predicted molar refractivity (Wildman–Crippen MR) is 31.5 cm³/mol. The summed E-state index contributed by atoms with van der Waals surface area (Å²) < 4.78 is 24.7. The van der Waals surface area contributed by atoms with Crippen molar-refractivity contribution < 1.29 is 17.4 Å². The molecule has 0 atom stereocenters. The topological polar surface area (TPSA) is 60.4 Å². The van der Waals surface area contributed by atoms with Gasteiger partial charge < -0.3 is 0 Å². The Labute approximate surface area is 53.9 Å². The first kappa shape index (κ1) is 8.58. The molecule has 0 aliphatic heterocycles. The molecule has 54 valence electrons. The fourth-order valence-electron chi connectivity index (χ4n) is 0.308. The average molecular weight is 152 g/mol. The van der Waals surface area contributed by atoms with E-state index in [9.17, 15) is 13.2 Å². The van der Waals surface area contributed by atoms with E-state index < -0.39 is 21.7 Å². The van der Waals surface area contributed by atoms with Crippen molar-refractivity contribution in [2.45, 2.75) is 6.92 Å². The molecule has 0 rings (SSSR count). The molecule has 0 heterocycles. The van der Waals surface area contributed by atoms with Gasteiger partial charge in [0, 0.05) is 0 Å². The zero-order valence-electron chi connectivity index (χ0n) is 5.25. The van der Waals surface area contributed by atoms with Gasteiger partial charge in [-0.3, -0.25) is 8.98 Å². The van der Waals surface area contributed by atoms with Gasteiger partial charge in [-0.05, 0) is 6.92 Å². The molecule has 0 N–H and O–H groups in total. The highest BCUT2D eigenvalue weighted by Gasteiger charge is 2.10. The van der Waals surface area contributed by atoms with Gasteiger partial charge in [-0.15, -0.1) is 0 Å². The molecule has 0 fully saturated rings. The van der Waals surface area contributed by atoms with Crippen LogP contribution >= 0.6 is 0 Å². The van der Waals surface area contributed by atoms with E-state index >= 15 is 0 Å². The molecule has 0 bridgehead atoms. The highest BCUT2D eigenvalue weighted by molar-refractivity contribution is 7.87. The summed E-state index contributed by atoms with van der Waals surface area (Å²) in [6.07, 6.45) is 0. The summed E-state index contributed by atoms with van der Waals surface area (Å²) in [6, 6.07) is 0. The first-order chi connectivity index (χ1) is 3.98. The van der Waals surface area contributed by atoms with Crippen LogP contribution in [0.5, 0.6) is 0 Å². The standard InChI is InChI=1S/C4H8O4S/c1-4(5)3-9(6,7)8-2/h3H2,1-2H3. The molecule has 4 nitrogen and oxygen atoms in total. The van der Waals surface area contributed by atoms with Crippen LogP contribution in [-0.4, -0.2) is 27.1 Å². The lowest BCUT2D eigenvalue weighted by atomic mass is 10.5. The second kappa shape index (κ2) is 2.93. The lowest BCUT2D eigenvalue weighted by Crippen LogP contribution is -2.13. The Balaban J connectivity index is 4.06. The number of carbonyl (C=O) groups is 1. The van der Waals surface area contributed by atoms with E-state index in [4.69, 9.17) is 0 Å². The zero-order valence-corrected chi connectivity index (χ0v) is 6.06. The Morgan fingerprint density at radius 2 is 2.00 bits per heavy atom. The third kappa shape index (κ3) is 4.11. The maximum Gasteiger partial charge on any atom is 0.274 e. The molecule has 0 aromatic rings. The number of hydrogen-bond donors (Lipinski definition) is 0. The molecule has 0 aromatic carbocycles. The van der Waals surface area contributed by atoms with Gasteiger partial charge in [-0.25, -0.2) is 0 Å². The molecule has 0 spiro atoms. The highest BCUT2D eigenvalue weighted by Crippen LogP contribution is 1.88. The van der Waals surface area contributed by atoms with Crippen LogP contribution in [0.15, 0.2) is 0 Å². The van der Waals surface area contributed by atoms with Crippen LogP contribution in [0.4, 0.5) is 0 Å². The number of rotatable bonds is 3. The van der Waals surface area contributed by atoms with Crippen LogP contribution in [-0.2, 0) is 19.1 Å². The van der Waals surface area contributed by atoms with E-state index in [0.29, 0.717) is 0 Å². The monoisotopic (exact) mass is 152 g/mol. The van der Waals surface area contributed by atoms with Crippen molar-refractivity contribution in [3.05, 3.63) is 0 Å². The maximum absolute atomic E-state index is 10.4. The number of ketones is 1. The van der Waals surface area contributed by atoms with Crippen molar-refractivity contribution in [2.75, 3.05) is 12.9 Å². The summed E-state index contributed by atoms with van der Waals surface area (Å²) in [4.78, 5) is 10.2. The van der Waals surface area contributed by atoms with E-state index in [2.05, 4.69) is 4.18 Å². The third-order valence-corrected chi connectivity index (χ3v) is 1.90. The van der Waals surface area contributed by atoms with E-state index in [-0.39, 0.29) is 0 Å². The molecule has 0 aromatic heterocycles. The summed E-state index contributed by atoms with van der Waals surface area (Å²) >= 11 is 0. The number of hydrogen-bond acceptors (Lipinski definition) is 4. The fraction of sp³-hybridized carbons (Fsp3) is 0.750. The summed E-state index contributed by atoms with van der Waals surface area (Å²) in [5, 5.41) is 0. The minimum absolute atomic E-state index is 0.420.